The number of nitrogens with two attached hydrogens (primary N) is 1. The molecule has 0 radical (unpaired) electrons. The topological polar surface area (TPSA) is 130 Å². The summed E-state index contributed by atoms with van der Waals surface area (Å²) in [7, 11) is 0. The van der Waals surface area contributed by atoms with Crippen molar-refractivity contribution in [3.8, 4) is 0 Å². The van der Waals surface area contributed by atoms with Gasteiger partial charge in [-0.05, 0) is 44.0 Å². The van der Waals surface area contributed by atoms with Crippen LogP contribution >= 0.6 is 0 Å². The summed E-state index contributed by atoms with van der Waals surface area (Å²) >= 11 is 0. The van der Waals surface area contributed by atoms with Gasteiger partial charge in [-0.1, -0.05) is 12.8 Å². The summed E-state index contributed by atoms with van der Waals surface area (Å²) in [5, 5.41) is 2.72. The van der Waals surface area contributed by atoms with Crippen LogP contribution in [0.5, 0.6) is 0 Å². The molecule has 3 rings (SSSR count). The molecule has 0 spiro atoms. The molecule has 2 aliphatic rings. The number of fused-ring (bicyclic) bond motifs is 1. The first kappa shape index (κ1) is 23.4. The summed E-state index contributed by atoms with van der Waals surface area (Å²) in [5.74, 6) is -1.71. The van der Waals surface area contributed by atoms with Crippen LogP contribution in [0.25, 0.3) is 0 Å². The zero-order valence-electron chi connectivity index (χ0n) is 18.3. The zero-order chi connectivity index (χ0) is 23.3. The maximum atomic E-state index is 12.6. The number of carbonyl (C=O) groups is 5. The first-order valence-electron chi connectivity index (χ1n) is 11.1. The van der Waals surface area contributed by atoms with E-state index in [1.807, 2.05) is 6.92 Å². The van der Waals surface area contributed by atoms with Gasteiger partial charge in [0, 0.05) is 43.7 Å². The molecule has 1 heterocycles. The van der Waals surface area contributed by atoms with Gasteiger partial charge in [0.05, 0.1) is 11.8 Å². The second kappa shape index (κ2) is 10.4. The largest absolute Gasteiger partial charge is 0.366 e. The Hall–Kier alpha value is -3.23. The van der Waals surface area contributed by atoms with Crippen LogP contribution in [-0.4, -0.2) is 59.0 Å². The third-order valence-electron chi connectivity index (χ3n) is 6.28. The first-order chi connectivity index (χ1) is 15.3. The fourth-order valence-electron chi connectivity index (χ4n) is 4.45. The normalized spacial score (nSPS) is 20.1. The highest BCUT2D eigenvalue weighted by molar-refractivity contribution is 6.05. The van der Waals surface area contributed by atoms with Gasteiger partial charge in [0.1, 0.15) is 0 Å². The van der Waals surface area contributed by atoms with Crippen molar-refractivity contribution in [1.29, 1.82) is 0 Å². The van der Waals surface area contributed by atoms with E-state index < -0.39 is 5.91 Å². The summed E-state index contributed by atoms with van der Waals surface area (Å²) in [4.78, 5) is 63.9. The number of primary amides is 1. The lowest BCUT2D eigenvalue weighted by molar-refractivity contribution is -0.140. The van der Waals surface area contributed by atoms with Crippen LogP contribution in [0.4, 0.5) is 5.69 Å². The summed E-state index contributed by atoms with van der Waals surface area (Å²) < 4.78 is 0. The van der Waals surface area contributed by atoms with Gasteiger partial charge >= 0.3 is 0 Å². The molecule has 1 saturated carbocycles. The van der Waals surface area contributed by atoms with E-state index in [0.29, 0.717) is 17.8 Å². The third kappa shape index (κ3) is 5.33. The summed E-state index contributed by atoms with van der Waals surface area (Å²) in [6.45, 7) is 2.57. The van der Waals surface area contributed by atoms with Crippen LogP contribution < -0.4 is 11.1 Å². The number of imide groups is 1. The van der Waals surface area contributed by atoms with Crippen LogP contribution in [0.2, 0.25) is 0 Å². The molecule has 2 atom stereocenters. The number of nitrogens with one attached hydrogen (secondary N) is 1. The van der Waals surface area contributed by atoms with Crippen LogP contribution in [0.3, 0.4) is 0 Å². The third-order valence-corrected chi connectivity index (χ3v) is 6.28. The van der Waals surface area contributed by atoms with Crippen molar-refractivity contribution in [3.05, 3.63) is 29.8 Å². The average Bonchev–Trinajstić information content (AvgIpc) is 3.03. The highest BCUT2D eigenvalue weighted by Crippen LogP contribution is 2.38. The fraction of sp³-hybridized carbons (Fsp3) is 0.522. The highest BCUT2D eigenvalue weighted by atomic mass is 16.2. The van der Waals surface area contributed by atoms with Crippen molar-refractivity contribution in [2.24, 2.45) is 17.6 Å². The number of anilines is 1. The molecule has 9 nitrogen and oxygen atoms in total. The first-order valence-corrected chi connectivity index (χ1v) is 11.1. The van der Waals surface area contributed by atoms with Gasteiger partial charge in [-0.15, -0.1) is 0 Å². The Morgan fingerprint density at radius 1 is 1.03 bits per heavy atom. The Kier molecular flexibility index (Phi) is 7.61. The molecule has 1 saturated heterocycles. The Bertz CT molecular complexity index is 874. The maximum Gasteiger partial charge on any atom is 0.248 e. The van der Waals surface area contributed by atoms with Gasteiger partial charge in [0.25, 0.3) is 0 Å². The molecule has 2 unspecified atom stereocenters. The van der Waals surface area contributed by atoms with E-state index in [2.05, 4.69) is 5.32 Å². The standard InChI is InChI=1S/C23H30N4O5/c1-2-26(13-11-19(28)25-16-9-7-15(8-10-16)21(24)30)20(29)12-14-27-22(31)17-5-3-4-6-18(17)23(27)32/h7-10,17-18H,2-6,11-14H2,1H3,(H2,24,30)(H,25,28). The minimum Gasteiger partial charge on any atom is -0.366 e. The number of benzene rings is 1. The SMILES string of the molecule is CCN(CCC(=O)Nc1ccc(C(N)=O)cc1)C(=O)CCN1C(=O)C2CCCCC2C1=O. The smallest absolute Gasteiger partial charge is 0.248 e. The molecule has 1 aliphatic carbocycles. The fourth-order valence-corrected chi connectivity index (χ4v) is 4.45. The molecule has 2 fully saturated rings. The molecule has 1 aromatic rings. The molecule has 1 aromatic carbocycles. The molecular weight excluding hydrogens is 412 g/mol. The van der Waals surface area contributed by atoms with Gasteiger partial charge in [-0.3, -0.25) is 28.9 Å². The molecule has 1 aliphatic heterocycles. The lowest BCUT2D eigenvalue weighted by Crippen LogP contribution is -2.38. The van der Waals surface area contributed by atoms with E-state index in [0.717, 1.165) is 25.7 Å². The van der Waals surface area contributed by atoms with Crippen molar-refractivity contribution < 1.29 is 24.0 Å². The monoisotopic (exact) mass is 442 g/mol. The Labute approximate surface area is 187 Å². The molecule has 9 heteroatoms. The van der Waals surface area contributed by atoms with E-state index in [1.54, 1.807) is 17.0 Å². The number of hydrogen-bond acceptors (Lipinski definition) is 5. The minimum absolute atomic E-state index is 0.0565. The molecule has 32 heavy (non-hydrogen) atoms. The molecule has 172 valence electrons. The zero-order valence-corrected chi connectivity index (χ0v) is 18.3. The maximum absolute atomic E-state index is 12.6. The molecule has 0 bridgehead atoms. The summed E-state index contributed by atoms with van der Waals surface area (Å²) in [6.07, 6.45) is 3.59. The predicted octanol–water partition coefficient (Wildman–Crippen LogP) is 1.53. The van der Waals surface area contributed by atoms with Gasteiger partial charge in [-0.2, -0.15) is 0 Å². The van der Waals surface area contributed by atoms with Crippen molar-refractivity contribution in [3.63, 3.8) is 0 Å². The number of carbonyl (C=O) groups excluding carboxylic acids is 5. The van der Waals surface area contributed by atoms with Gasteiger partial charge in [-0.25, -0.2) is 0 Å². The van der Waals surface area contributed by atoms with Gasteiger partial charge < -0.3 is 16.0 Å². The molecule has 3 N–H and O–H groups in total. The highest BCUT2D eigenvalue weighted by Gasteiger charge is 2.47. The summed E-state index contributed by atoms with van der Waals surface area (Å²) in [5.41, 5.74) is 6.07. The van der Waals surface area contributed by atoms with E-state index in [-0.39, 0.29) is 61.4 Å². The molecule has 0 aromatic heterocycles. The lowest BCUT2D eigenvalue weighted by atomic mass is 9.81. The van der Waals surface area contributed by atoms with E-state index in [9.17, 15) is 24.0 Å². The molecule has 5 amide bonds. The number of nitrogens with zero attached hydrogens (tertiary/aromatic N) is 2. The number of likely N-dealkylation sites (tertiary alicyclic amines) is 1. The van der Waals surface area contributed by atoms with Gasteiger partial charge in [0.15, 0.2) is 0 Å². The minimum atomic E-state index is -0.545. The number of hydrogen-bond donors (Lipinski definition) is 2. The second-order valence-electron chi connectivity index (χ2n) is 8.29. The van der Waals surface area contributed by atoms with E-state index in [1.165, 1.54) is 17.0 Å². The Morgan fingerprint density at radius 2 is 1.62 bits per heavy atom. The lowest BCUT2D eigenvalue weighted by Gasteiger charge is -2.22. The van der Waals surface area contributed by atoms with Crippen molar-refractivity contribution in [2.75, 3.05) is 25.0 Å². The van der Waals surface area contributed by atoms with Crippen LogP contribution in [0.15, 0.2) is 24.3 Å². The Balaban J connectivity index is 1.46. The van der Waals surface area contributed by atoms with E-state index >= 15 is 0 Å². The van der Waals surface area contributed by atoms with Crippen LogP contribution in [0.1, 0.15) is 55.8 Å². The average molecular weight is 443 g/mol. The summed E-state index contributed by atoms with van der Waals surface area (Å²) in [6, 6.07) is 6.22. The second-order valence-corrected chi connectivity index (χ2v) is 8.29. The van der Waals surface area contributed by atoms with Crippen LogP contribution in [0, 0.1) is 11.8 Å². The van der Waals surface area contributed by atoms with Crippen LogP contribution in [-0.2, 0) is 19.2 Å². The van der Waals surface area contributed by atoms with Crippen molar-refractivity contribution >= 4 is 35.2 Å². The van der Waals surface area contributed by atoms with Crippen molar-refractivity contribution in [2.45, 2.75) is 45.4 Å². The van der Waals surface area contributed by atoms with Gasteiger partial charge in [0.2, 0.25) is 29.5 Å². The van der Waals surface area contributed by atoms with Crippen molar-refractivity contribution in [1.82, 2.24) is 9.80 Å². The quantitative estimate of drug-likeness (QED) is 0.560. The van der Waals surface area contributed by atoms with E-state index in [4.69, 9.17) is 5.73 Å². The number of rotatable bonds is 9. The predicted molar refractivity (Wildman–Crippen MR) is 117 cm³/mol. The molecular formula is C23H30N4O5. The number of amides is 5. The Morgan fingerprint density at radius 3 is 2.16 bits per heavy atom.